The molecule has 2 aliphatic heterocycles. The number of thiazole rings is 1. The van der Waals surface area contributed by atoms with Gasteiger partial charge in [0.2, 0.25) is 11.8 Å². The van der Waals surface area contributed by atoms with Crippen molar-refractivity contribution in [2.45, 2.75) is 29.5 Å². The molecule has 10 nitrogen and oxygen atoms in total. The first-order chi connectivity index (χ1) is 23.7. The average Bonchev–Trinajstić information content (AvgIpc) is 3.84. The van der Waals surface area contributed by atoms with E-state index in [0.29, 0.717) is 35.2 Å². The Morgan fingerprint density at radius 3 is 2.41 bits per heavy atom. The maximum absolute atomic E-state index is 14.0. The minimum Gasteiger partial charge on any atom is -0.497 e. The standard InChI is InChI=1S/C36H32FN3O7S2/c1-3-46-25-14-17(4-13-24(25)47-16-26(41)38-19-7-11-21(45-2)12-8-19)27-28-22-15-23(31(28)48-33-32(27)49-36(44)39-33)30-29(22)34(42)40(35(30)43)20-9-5-18(37)6-10-20/h4-14,22-23,27-31H,3,15-16H2,1-2H3,(H,38,41)(H,39,44)/t22?,23?,27-,28?,29?,30?,31?/m1/s1. The number of benzene rings is 3. The van der Waals surface area contributed by atoms with Crippen molar-refractivity contribution in [2.24, 2.45) is 29.6 Å². The van der Waals surface area contributed by atoms with Crippen molar-refractivity contribution in [3.05, 3.63) is 92.7 Å². The summed E-state index contributed by atoms with van der Waals surface area (Å²) in [5, 5.41) is 3.61. The lowest BCUT2D eigenvalue weighted by molar-refractivity contribution is -0.123. The Labute approximate surface area is 288 Å². The number of carbonyl (C=O) groups excluding carboxylic acids is 3. The molecule has 4 aliphatic rings. The maximum atomic E-state index is 14.0. The Balaban J connectivity index is 1.08. The molecule has 1 aromatic heterocycles. The topological polar surface area (TPSA) is 127 Å². The smallest absolute Gasteiger partial charge is 0.305 e. The second kappa shape index (κ2) is 12.4. The van der Waals surface area contributed by atoms with Crippen LogP contribution in [-0.4, -0.2) is 48.3 Å². The highest BCUT2D eigenvalue weighted by Crippen LogP contribution is 2.68. The van der Waals surface area contributed by atoms with Crippen molar-refractivity contribution in [3.63, 3.8) is 0 Å². The van der Waals surface area contributed by atoms with Gasteiger partial charge >= 0.3 is 4.87 Å². The molecule has 2 N–H and O–H groups in total. The highest BCUT2D eigenvalue weighted by Gasteiger charge is 2.69. The number of ether oxygens (including phenoxy) is 3. The molecule has 6 unspecified atom stereocenters. The predicted octanol–water partition coefficient (Wildman–Crippen LogP) is 5.68. The van der Waals surface area contributed by atoms with E-state index in [9.17, 15) is 23.6 Å². The van der Waals surface area contributed by atoms with Crippen LogP contribution in [0.1, 0.15) is 29.7 Å². The monoisotopic (exact) mass is 701 g/mol. The summed E-state index contributed by atoms with van der Waals surface area (Å²) in [6, 6.07) is 18.1. The van der Waals surface area contributed by atoms with Gasteiger partial charge in [0, 0.05) is 21.7 Å². The summed E-state index contributed by atoms with van der Waals surface area (Å²) in [5.41, 5.74) is 1.90. The summed E-state index contributed by atoms with van der Waals surface area (Å²) in [5.74, 6) is -1.02. The molecule has 13 heteroatoms. The Morgan fingerprint density at radius 1 is 0.959 bits per heavy atom. The van der Waals surface area contributed by atoms with Crippen LogP contribution in [0.15, 0.2) is 76.6 Å². The van der Waals surface area contributed by atoms with Crippen LogP contribution in [-0.2, 0) is 14.4 Å². The van der Waals surface area contributed by atoms with E-state index in [-0.39, 0.29) is 58.1 Å². The number of carbonyl (C=O) groups is 3. The summed E-state index contributed by atoms with van der Waals surface area (Å²) in [7, 11) is 1.57. The number of hydrogen-bond donors (Lipinski definition) is 2. The zero-order chi connectivity index (χ0) is 34.0. The third kappa shape index (κ3) is 5.30. The van der Waals surface area contributed by atoms with Crippen LogP contribution >= 0.6 is 23.1 Å². The number of anilines is 2. The Hall–Kier alpha value is -4.62. The number of H-pyrrole nitrogens is 1. The van der Waals surface area contributed by atoms with Crippen molar-refractivity contribution in [3.8, 4) is 17.2 Å². The van der Waals surface area contributed by atoms with Crippen molar-refractivity contribution in [1.82, 2.24) is 4.98 Å². The van der Waals surface area contributed by atoms with Gasteiger partial charge in [-0.2, -0.15) is 0 Å². The Morgan fingerprint density at radius 2 is 1.69 bits per heavy atom. The number of halogens is 1. The zero-order valence-electron chi connectivity index (χ0n) is 26.5. The van der Waals surface area contributed by atoms with Crippen LogP contribution in [0.5, 0.6) is 17.2 Å². The van der Waals surface area contributed by atoms with E-state index in [2.05, 4.69) is 10.3 Å². The molecule has 252 valence electrons. The molecule has 2 bridgehead atoms. The first kappa shape index (κ1) is 31.6. The maximum Gasteiger partial charge on any atom is 0.305 e. The molecular formula is C36H32FN3O7S2. The second-order valence-electron chi connectivity index (χ2n) is 12.7. The number of aromatic amines is 1. The summed E-state index contributed by atoms with van der Waals surface area (Å²) < 4.78 is 30.8. The van der Waals surface area contributed by atoms with E-state index >= 15 is 0 Å². The van der Waals surface area contributed by atoms with Crippen molar-refractivity contribution >= 4 is 52.2 Å². The first-order valence-electron chi connectivity index (χ1n) is 16.1. The van der Waals surface area contributed by atoms with Crippen molar-refractivity contribution in [2.75, 3.05) is 30.5 Å². The number of nitrogens with zero attached hydrogens (tertiary/aromatic N) is 1. The fraction of sp³-hybridized carbons (Fsp3) is 0.333. The van der Waals surface area contributed by atoms with Gasteiger partial charge in [-0.05, 0) is 97.3 Å². The lowest BCUT2D eigenvalue weighted by Gasteiger charge is -2.43. The molecule has 0 spiro atoms. The quantitative estimate of drug-likeness (QED) is 0.214. The summed E-state index contributed by atoms with van der Waals surface area (Å²) in [4.78, 5) is 58.2. The van der Waals surface area contributed by atoms with Crippen molar-refractivity contribution in [1.29, 1.82) is 0 Å². The highest BCUT2D eigenvalue weighted by atomic mass is 32.2. The van der Waals surface area contributed by atoms with E-state index in [1.165, 1.54) is 40.5 Å². The van der Waals surface area contributed by atoms with Gasteiger partial charge < -0.3 is 24.5 Å². The molecule has 49 heavy (non-hydrogen) atoms. The minimum absolute atomic E-state index is 0.00652. The van der Waals surface area contributed by atoms with E-state index < -0.39 is 17.7 Å². The number of imide groups is 1. The number of amides is 3. The van der Waals surface area contributed by atoms with Crippen LogP contribution in [0.4, 0.5) is 15.8 Å². The summed E-state index contributed by atoms with van der Waals surface area (Å²) in [6.45, 7) is 1.98. The predicted molar refractivity (Wildman–Crippen MR) is 182 cm³/mol. The number of rotatable bonds is 9. The lowest BCUT2D eigenvalue weighted by Crippen LogP contribution is -2.42. The minimum atomic E-state index is -0.484. The number of methoxy groups -OCH3 is 1. The van der Waals surface area contributed by atoms with E-state index in [1.54, 1.807) is 49.2 Å². The SMILES string of the molecule is CCOc1cc([C@H]2c3sc(=O)[nH]c3SC3C4CC(C5C(=O)N(c6ccc(F)cc6)C(=O)C45)C32)ccc1OCC(=O)Nc1ccc(OC)cc1. The average molecular weight is 702 g/mol. The van der Waals surface area contributed by atoms with E-state index in [1.807, 2.05) is 19.1 Å². The molecule has 0 radical (unpaired) electrons. The van der Waals surface area contributed by atoms with Crippen LogP contribution < -0.4 is 29.3 Å². The van der Waals surface area contributed by atoms with Gasteiger partial charge in [-0.15, -0.1) is 11.8 Å². The number of nitrogens with one attached hydrogen (secondary N) is 2. The van der Waals surface area contributed by atoms with Gasteiger partial charge in [0.1, 0.15) is 11.6 Å². The molecular weight excluding hydrogens is 670 g/mol. The lowest BCUT2D eigenvalue weighted by atomic mass is 9.68. The molecule has 3 fully saturated rings. The first-order valence-corrected chi connectivity index (χ1v) is 17.8. The number of hydrogen-bond acceptors (Lipinski definition) is 9. The third-order valence-corrected chi connectivity index (χ3v) is 12.8. The Bertz CT molecular complexity index is 2010. The molecule has 4 aromatic rings. The molecule has 1 saturated heterocycles. The van der Waals surface area contributed by atoms with E-state index in [0.717, 1.165) is 21.9 Å². The summed E-state index contributed by atoms with van der Waals surface area (Å²) in [6.07, 6.45) is 0.741. The van der Waals surface area contributed by atoms with Crippen molar-refractivity contribution < 1.29 is 33.0 Å². The van der Waals surface area contributed by atoms with Gasteiger partial charge in [-0.25, -0.2) is 4.39 Å². The fourth-order valence-electron chi connectivity index (χ4n) is 8.36. The third-order valence-electron chi connectivity index (χ3n) is 10.2. The van der Waals surface area contributed by atoms with Crippen LogP contribution in [0.2, 0.25) is 0 Å². The number of aromatic nitrogens is 1. The second-order valence-corrected chi connectivity index (χ2v) is 14.9. The fourth-order valence-corrected chi connectivity index (χ4v) is 11.2. The van der Waals surface area contributed by atoms with Gasteiger partial charge in [0.25, 0.3) is 5.91 Å². The normalized spacial score (nSPS) is 26.3. The number of thioether (sulfide) groups is 1. The molecule has 8 rings (SSSR count). The van der Waals surface area contributed by atoms with Gasteiger partial charge in [-0.1, -0.05) is 17.4 Å². The van der Waals surface area contributed by atoms with Crippen LogP contribution in [0.25, 0.3) is 0 Å². The molecule has 2 aliphatic carbocycles. The molecule has 7 atom stereocenters. The summed E-state index contributed by atoms with van der Waals surface area (Å²) >= 11 is 2.78. The number of fused-ring (bicyclic) bond motifs is 9. The van der Waals surface area contributed by atoms with Gasteiger partial charge in [0.05, 0.1) is 36.3 Å². The van der Waals surface area contributed by atoms with Crippen LogP contribution in [0.3, 0.4) is 0 Å². The highest BCUT2D eigenvalue weighted by molar-refractivity contribution is 8.00. The van der Waals surface area contributed by atoms with Gasteiger partial charge in [0.15, 0.2) is 18.1 Å². The van der Waals surface area contributed by atoms with Crippen LogP contribution in [0, 0.1) is 35.4 Å². The molecule has 3 heterocycles. The van der Waals surface area contributed by atoms with E-state index in [4.69, 9.17) is 14.2 Å². The molecule has 2 saturated carbocycles. The molecule has 3 aromatic carbocycles. The Kier molecular flexibility index (Phi) is 7.98. The largest absolute Gasteiger partial charge is 0.497 e. The zero-order valence-corrected chi connectivity index (χ0v) is 28.1. The van der Waals surface area contributed by atoms with Gasteiger partial charge in [-0.3, -0.25) is 24.1 Å². The molecule has 3 amide bonds.